The Bertz CT molecular complexity index is 609. The molecule has 24 heavy (non-hydrogen) atoms. The van der Waals surface area contributed by atoms with Crippen LogP contribution < -0.4 is 14.2 Å². The van der Waals surface area contributed by atoms with Crippen LogP contribution in [0.2, 0.25) is 0 Å². The molecule has 1 heterocycles. The monoisotopic (exact) mass is 337 g/mol. The molecule has 7 nitrogen and oxygen atoms in total. The largest absolute Gasteiger partial charge is 0.496 e. The molecule has 1 aliphatic rings. The van der Waals surface area contributed by atoms with Gasteiger partial charge in [0.2, 0.25) is 0 Å². The maximum absolute atomic E-state index is 12.5. The number of amides is 1. The highest BCUT2D eigenvalue weighted by atomic mass is 16.6. The minimum atomic E-state index is -0.853. The molecule has 0 unspecified atom stereocenters. The average Bonchev–Trinajstić information content (AvgIpc) is 3.13. The van der Waals surface area contributed by atoms with Gasteiger partial charge in [0, 0.05) is 25.2 Å². The summed E-state index contributed by atoms with van der Waals surface area (Å²) in [6.07, 6.45) is 1.11. The molecule has 1 saturated heterocycles. The molecular weight excluding hydrogens is 314 g/mol. The summed E-state index contributed by atoms with van der Waals surface area (Å²) in [7, 11) is 4.40. The fraction of sp³-hybridized carbons (Fsp3) is 0.529. The Morgan fingerprint density at radius 1 is 0.958 bits per heavy atom. The zero-order chi connectivity index (χ0) is 17.7. The lowest BCUT2D eigenvalue weighted by molar-refractivity contribution is -0.138. The molecule has 0 radical (unpaired) electrons. The van der Waals surface area contributed by atoms with Crippen molar-refractivity contribution in [1.82, 2.24) is 4.90 Å². The molecule has 0 aliphatic carbocycles. The summed E-state index contributed by atoms with van der Waals surface area (Å²) in [4.78, 5) is 26.4. The second-order valence-electron chi connectivity index (χ2n) is 5.49. The van der Waals surface area contributed by atoms with Crippen molar-refractivity contribution in [2.24, 2.45) is 0 Å². The van der Waals surface area contributed by atoms with E-state index in [0.29, 0.717) is 30.3 Å². The van der Waals surface area contributed by atoms with Gasteiger partial charge in [-0.1, -0.05) is 0 Å². The molecule has 132 valence electrons. The lowest BCUT2D eigenvalue weighted by Gasteiger charge is -2.21. The SMILES string of the molecule is COc1cc(OC)c(C(=O)O[C@@H](C)C(=O)N2CCCC2)cc1OC. The molecule has 0 saturated carbocycles. The van der Waals surface area contributed by atoms with Gasteiger partial charge in [0.15, 0.2) is 17.6 Å². The van der Waals surface area contributed by atoms with Gasteiger partial charge in [0.25, 0.3) is 5.91 Å². The second kappa shape index (κ2) is 7.90. The van der Waals surface area contributed by atoms with Crippen molar-refractivity contribution >= 4 is 11.9 Å². The van der Waals surface area contributed by atoms with Gasteiger partial charge < -0.3 is 23.8 Å². The van der Waals surface area contributed by atoms with Crippen LogP contribution in [-0.4, -0.2) is 57.3 Å². The summed E-state index contributed by atoms with van der Waals surface area (Å²) in [5, 5.41) is 0. The molecule has 1 aromatic rings. The van der Waals surface area contributed by atoms with E-state index in [0.717, 1.165) is 12.8 Å². The van der Waals surface area contributed by atoms with Crippen LogP contribution in [0.4, 0.5) is 0 Å². The van der Waals surface area contributed by atoms with Crippen LogP contribution in [0.25, 0.3) is 0 Å². The van der Waals surface area contributed by atoms with Gasteiger partial charge in [-0.25, -0.2) is 4.79 Å². The van der Waals surface area contributed by atoms with Crippen LogP contribution in [0.1, 0.15) is 30.1 Å². The molecule has 1 fully saturated rings. The zero-order valence-electron chi connectivity index (χ0n) is 14.5. The molecule has 0 N–H and O–H groups in total. The molecule has 1 aromatic carbocycles. The fourth-order valence-corrected chi connectivity index (χ4v) is 2.66. The normalized spacial score (nSPS) is 14.9. The number of benzene rings is 1. The Kier molecular flexibility index (Phi) is 5.89. The number of carbonyl (C=O) groups excluding carboxylic acids is 2. The molecule has 0 bridgehead atoms. The molecular formula is C17H23NO6. The lowest BCUT2D eigenvalue weighted by Crippen LogP contribution is -2.38. The van der Waals surface area contributed by atoms with Crippen LogP contribution in [0.15, 0.2) is 12.1 Å². The molecule has 7 heteroatoms. The number of hydrogen-bond donors (Lipinski definition) is 0. The number of methoxy groups -OCH3 is 3. The Hall–Kier alpha value is -2.44. The van der Waals surface area contributed by atoms with E-state index in [2.05, 4.69) is 0 Å². The van der Waals surface area contributed by atoms with E-state index < -0.39 is 12.1 Å². The quantitative estimate of drug-likeness (QED) is 0.738. The third kappa shape index (κ3) is 3.72. The Morgan fingerprint density at radius 3 is 2.04 bits per heavy atom. The van der Waals surface area contributed by atoms with Crippen molar-refractivity contribution in [1.29, 1.82) is 0 Å². The first kappa shape index (κ1) is 17.9. The van der Waals surface area contributed by atoms with Crippen molar-refractivity contribution in [3.8, 4) is 17.2 Å². The van der Waals surface area contributed by atoms with Gasteiger partial charge in [-0.05, 0) is 19.8 Å². The highest BCUT2D eigenvalue weighted by Crippen LogP contribution is 2.35. The predicted molar refractivity (Wildman–Crippen MR) is 86.8 cm³/mol. The molecule has 1 aliphatic heterocycles. The van der Waals surface area contributed by atoms with Crippen LogP contribution in [0, 0.1) is 0 Å². The number of likely N-dealkylation sites (tertiary alicyclic amines) is 1. The van der Waals surface area contributed by atoms with E-state index in [1.807, 2.05) is 0 Å². The molecule has 1 atom stereocenters. The maximum Gasteiger partial charge on any atom is 0.342 e. The number of ether oxygens (including phenoxy) is 4. The molecule has 0 aromatic heterocycles. The van der Waals surface area contributed by atoms with Crippen molar-refractivity contribution < 1.29 is 28.5 Å². The summed E-state index contributed by atoms with van der Waals surface area (Å²) in [5.74, 6) is 0.280. The molecule has 1 amide bonds. The Labute approximate surface area is 141 Å². The van der Waals surface area contributed by atoms with Crippen molar-refractivity contribution in [3.63, 3.8) is 0 Å². The Balaban J connectivity index is 2.17. The van der Waals surface area contributed by atoms with E-state index in [1.165, 1.54) is 27.4 Å². The van der Waals surface area contributed by atoms with E-state index >= 15 is 0 Å². The minimum absolute atomic E-state index is 0.177. The highest BCUT2D eigenvalue weighted by Gasteiger charge is 2.28. The van der Waals surface area contributed by atoms with E-state index in [9.17, 15) is 9.59 Å². The fourth-order valence-electron chi connectivity index (χ4n) is 2.66. The second-order valence-corrected chi connectivity index (χ2v) is 5.49. The van der Waals surface area contributed by atoms with Gasteiger partial charge in [-0.3, -0.25) is 4.79 Å². The zero-order valence-corrected chi connectivity index (χ0v) is 14.5. The first-order valence-electron chi connectivity index (χ1n) is 7.81. The van der Waals surface area contributed by atoms with E-state index in [1.54, 1.807) is 17.9 Å². The third-order valence-corrected chi connectivity index (χ3v) is 3.97. The van der Waals surface area contributed by atoms with Crippen LogP contribution in [-0.2, 0) is 9.53 Å². The topological polar surface area (TPSA) is 74.3 Å². The van der Waals surface area contributed by atoms with Gasteiger partial charge in [-0.2, -0.15) is 0 Å². The third-order valence-electron chi connectivity index (χ3n) is 3.97. The van der Waals surface area contributed by atoms with E-state index in [4.69, 9.17) is 18.9 Å². The van der Waals surface area contributed by atoms with Crippen LogP contribution >= 0.6 is 0 Å². The average molecular weight is 337 g/mol. The standard InChI is InChI=1S/C17H23NO6/c1-11(16(19)18-7-5-6-8-18)24-17(20)12-9-14(22-3)15(23-4)10-13(12)21-2/h9-11H,5-8H2,1-4H3/t11-/m0/s1. The van der Waals surface area contributed by atoms with Crippen molar-refractivity contribution in [3.05, 3.63) is 17.7 Å². The number of hydrogen-bond acceptors (Lipinski definition) is 6. The number of esters is 1. The summed E-state index contributed by atoms with van der Waals surface area (Å²) >= 11 is 0. The van der Waals surface area contributed by atoms with Crippen LogP contribution in [0.5, 0.6) is 17.2 Å². The van der Waals surface area contributed by atoms with Crippen LogP contribution in [0.3, 0.4) is 0 Å². The lowest BCUT2D eigenvalue weighted by atomic mass is 10.1. The number of carbonyl (C=O) groups is 2. The molecule has 2 rings (SSSR count). The summed E-state index contributed by atoms with van der Waals surface area (Å²) < 4.78 is 20.9. The van der Waals surface area contributed by atoms with Gasteiger partial charge in [-0.15, -0.1) is 0 Å². The van der Waals surface area contributed by atoms with Gasteiger partial charge >= 0.3 is 5.97 Å². The highest BCUT2D eigenvalue weighted by molar-refractivity contribution is 5.95. The summed E-state index contributed by atoms with van der Waals surface area (Å²) in [6.45, 7) is 2.99. The maximum atomic E-state index is 12.5. The first-order valence-corrected chi connectivity index (χ1v) is 7.81. The summed E-state index contributed by atoms with van der Waals surface area (Å²) in [5.41, 5.74) is 0.177. The smallest absolute Gasteiger partial charge is 0.342 e. The van der Waals surface area contributed by atoms with Gasteiger partial charge in [0.1, 0.15) is 11.3 Å². The van der Waals surface area contributed by atoms with E-state index in [-0.39, 0.29) is 11.5 Å². The van der Waals surface area contributed by atoms with Crippen molar-refractivity contribution in [2.45, 2.75) is 25.9 Å². The Morgan fingerprint density at radius 2 is 1.50 bits per heavy atom. The summed E-state index contributed by atoms with van der Waals surface area (Å²) in [6, 6.07) is 3.02. The minimum Gasteiger partial charge on any atom is -0.496 e. The number of rotatable bonds is 6. The van der Waals surface area contributed by atoms with Crippen molar-refractivity contribution in [2.75, 3.05) is 34.4 Å². The predicted octanol–water partition coefficient (Wildman–Crippen LogP) is 1.88. The van der Waals surface area contributed by atoms with Gasteiger partial charge in [0.05, 0.1) is 21.3 Å². The first-order chi connectivity index (χ1) is 11.5. The number of nitrogens with zero attached hydrogens (tertiary/aromatic N) is 1. The molecule has 0 spiro atoms.